The van der Waals surface area contributed by atoms with Gasteiger partial charge in [-0.1, -0.05) is 42.1 Å². The van der Waals surface area contributed by atoms with Crippen molar-refractivity contribution in [2.75, 3.05) is 19.6 Å². The Labute approximate surface area is 143 Å². The van der Waals surface area contributed by atoms with Crippen molar-refractivity contribution in [2.24, 2.45) is 0 Å². The summed E-state index contributed by atoms with van der Waals surface area (Å²) in [5, 5.41) is 9.43. The van der Waals surface area contributed by atoms with Crippen LogP contribution in [-0.4, -0.2) is 29.1 Å². The molecule has 0 fully saturated rings. The highest BCUT2D eigenvalue weighted by Gasteiger charge is 2.30. The van der Waals surface area contributed by atoms with E-state index < -0.39 is 0 Å². The van der Waals surface area contributed by atoms with Crippen molar-refractivity contribution >= 4 is 11.8 Å². The minimum absolute atomic E-state index is 0.0140. The number of hydrogen-bond acceptors (Lipinski definition) is 6. The highest BCUT2D eigenvalue weighted by atomic mass is 32.2. The zero-order valence-corrected chi connectivity index (χ0v) is 14.1. The van der Waals surface area contributed by atoms with Crippen LogP contribution in [-0.2, 0) is 0 Å². The van der Waals surface area contributed by atoms with Gasteiger partial charge in [0, 0.05) is 5.56 Å². The van der Waals surface area contributed by atoms with Crippen molar-refractivity contribution in [3.63, 3.8) is 0 Å². The number of rotatable bonds is 4. The molecule has 7 heteroatoms. The van der Waals surface area contributed by atoms with Crippen molar-refractivity contribution in [3.05, 3.63) is 54.1 Å². The highest BCUT2D eigenvalue weighted by Crippen LogP contribution is 2.43. The average Bonchev–Trinajstić information content (AvgIpc) is 3.22. The summed E-state index contributed by atoms with van der Waals surface area (Å²) in [7, 11) is 3.33. The van der Waals surface area contributed by atoms with Crippen molar-refractivity contribution in [3.8, 4) is 22.9 Å². The number of benzene rings is 2. The maximum atomic E-state index is 5.47. The van der Waals surface area contributed by atoms with Gasteiger partial charge in [-0.25, -0.2) is 4.68 Å². The monoisotopic (exact) mass is 340 g/mol. The van der Waals surface area contributed by atoms with Crippen molar-refractivity contribution in [2.45, 2.75) is 10.5 Å². The Balaban J connectivity index is 1.71. The summed E-state index contributed by atoms with van der Waals surface area (Å²) in [6, 6.07) is 15.7. The van der Waals surface area contributed by atoms with Crippen LogP contribution in [0.3, 0.4) is 0 Å². The average molecular weight is 340 g/mol. The van der Waals surface area contributed by atoms with Gasteiger partial charge in [-0.3, -0.25) is 0 Å². The van der Waals surface area contributed by atoms with Crippen LogP contribution in [0.4, 0.5) is 0 Å². The van der Waals surface area contributed by atoms with Gasteiger partial charge in [0.25, 0.3) is 0 Å². The molecule has 2 heterocycles. The molecule has 0 saturated carbocycles. The molecule has 0 spiro atoms. The van der Waals surface area contributed by atoms with Crippen LogP contribution in [0.15, 0.2) is 53.7 Å². The van der Waals surface area contributed by atoms with E-state index in [1.807, 2.05) is 53.2 Å². The Morgan fingerprint density at radius 2 is 1.67 bits per heavy atom. The fourth-order valence-corrected chi connectivity index (χ4v) is 3.75. The first-order valence-electron chi connectivity index (χ1n) is 7.46. The van der Waals surface area contributed by atoms with Crippen molar-refractivity contribution in [1.82, 2.24) is 14.9 Å². The molecule has 1 atom stereocenters. The van der Waals surface area contributed by atoms with E-state index in [4.69, 9.17) is 9.47 Å². The smallest absolute Gasteiger partial charge is 0.212 e. The second kappa shape index (κ2) is 6.09. The molecule has 1 aliphatic rings. The lowest BCUT2D eigenvalue weighted by Crippen LogP contribution is -2.14. The number of aromatic nitrogens is 3. The molecule has 0 radical (unpaired) electrons. The number of fused-ring (bicyclic) bond motifs is 1. The molecule has 3 aromatic rings. The molecule has 1 aromatic heterocycles. The number of thioether (sulfide) groups is 1. The van der Waals surface area contributed by atoms with Gasteiger partial charge in [0.05, 0.1) is 19.8 Å². The minimum Gasteiger partial charge on any atom is -0.496 e. The second-order valence-electron chi connectivity index (χ2n) is 5.21. The zero-order chi connectivity index (χ0) is 16.5. The lowest BCUT2D eigenvalue weighted by atomic mass is 10.2. The Hall–Kier alpha value is -2.67. The Kier molecular flexibility index (Phi) is 3.78. The largest absolute Gasteiger partial charge is 0.496 e. The maximum Gasteiger partial charge on any atom is 0.212 e. The van der Waals surface area contributed by atoms with Gasteiger partial charge < -0.3 is 14.9 Å². The maximum absolute atomic E-state index is 5.47. The van der Waals surface area contributed by atoms with E-state index in [9.17, 15) is 0 Å². The molecule has 0 saturated heterocycles. The van der Waals surface area contributed by atoms with Crippen LogP contribution in [0, 0.1) is 0 Å². The van der Waals surface area contributed by atoms with Crippen molar-refractivity contribution in [1.29, 1.82) is 0 Å². The molecular weight excluding hydrogens is 324 g/mol. The topological polar surface area (TPSA) is 61.2 Å². The normalized spacial score (nSPS) is 15.7. The zero-order valence-electron chi connectivity index (χ0n) is 13.3. The van der Waals surface area contributed by atoms with E-state index in [1.165, 1.54) is 0 Å². The summed E-state index contributed by atoms with van der Waals surface area (Å²) >= 11 is 1.61. The quantitative estimate of drug-likeness (QED) is 0.786. The Morgan fingerprint density at radius 1 is 0.958 bits per heavy atom. The number of para-hydroxylation sites is 2. The summed E-state index contributed by atoms with van der Waals surface area (Å²) in [5.74, 6) is 2.34. The molecule has 1 N–H and O–H groups in total. The van der Waals surface area contributed by atoms with E-state index in [1.54, 1.807) is 26.0 Å². The molecule has 0 unspecified atom stereocenters. The number of hydrogen-bond donors (Lipinski definition) is 1. The fourth-order valence-electron chi connectivity index (χ4n) is 2.73. The van der Waals surface area contributed by atoms with Gasteiger partial charge in [0.1, 0.15) is 16.9 Å². The molecule has 1 aliphatic heterocycles. The minimum atomic E-state index is 0.0140. The van der Waals surface area contributed by atoms with E-state index in [2.05, 4.69) is 15.6 Å². The van der Waals surface area contributed by atoms with Gasteiger partial charge in [-0.15, -0.1) is 10.2 Å². The first-order valence-corrected chi connectivity index (χ1v) is 8.34. The predicted molar refractivity (Wildman–Crippen MR) is 93.0 cm³/mol. The number of nitrogens with one attached hydrogen (secondary N) is 1. The third kappa shape index (κ3) is 2.37. The summed E-state index contributed by atoms with van der Waals surface area (Å²) in [5.41, 5.74) is 5.41. The van der Waals surface area contributed by atoms with Gasteiger partial charge >= 0.3 is 0 Å². The standard InChI is InChI=1S/C17H16N4O2S/c1-22-13-9-5-3-7-11(13)15-18-19-17-21(15)20-16(24-17)12-8-4-6-10-14(12)23-2/h3-10,16,20H,1-2H3/t16-/m1/s1. The lowest BCUT2D eigenvalue weighted by molar-refractivity contribution is 0.409. The SMILES string of the molecule is COc1ccccc1-c1nnc2n1N[C@@H](c1ccccc1OC)S2. The lowest BCUT2D eigenvalue weighted by Gasteiger charge is -2.15. The van der Waals surface area contributed by atoms with E-state index in [0.717, 1.165) is 33.6 Å². The highest BCUT2D eigenvalue weighted by molar-refractivity contribution is 7.99. The van der Waals surface area contributed by atoms with Crippen LogP contribution in [0.1, 0.15) is 10.9 Å². The second-order valence-corrected chi connectivity index (χ2v) is 6.28. The van der Waals surface area contributed by atoms with Crippen LogP contribution in [0.2, 0.25) is 0 Å². The van der Waals surface area contributed by atoms with Gasteiger partial charge in [-0.2, -0.15) is 0 Å². The summed E-state index contributed by atoms with van der Waals surface area (Å²) < 4.78 is 12.8. The molecule has 122 valence electrons. The summed E-state index contributed by atoms with van der Waals surface area (Å²) in [6.07, 6.45) is 0. The first-order chi connectivity index (χ1) is 11.8. The van der Waals surface area contributed by atoms with Gasteiger partial charge in [0.15, 0.2) is 5.82 Å². The molecule has 4 rings (SSSR count). The first kappa shape index (κ1) is 14.9. The molecule has 0 bridgehead atoms. The third-order valence-corrected chi connectivity index (χ3v) is 4.94. The predicted octanol–water partition coefficient (Wildman–Crippen LogP) is 3.31. The van der Waals surface area contributed by atoms with Crippen LogP contribution < -0.4 is 14.9 Å². The molecular formula is C17H16N4O2S. The van der Waals surface area contributed by atoms with Crippen LogP contribution >= 0.6 is 11.8 Å². The van der Waals surface area contributed by atoms with Crippen LogP contribution in [0.5, 0.6) is 11.5 Å². The Morgan fingerprint density at radius 3 is 2.46 bits per heavy atom. The number of nitrogens with zero attached hydrogens (tertiary/aromatic N) is 3. The van der Waals surface area contributed by atoms with Crippen LogP contribution in [0.25, 0.3) is 11.4 Å². The molecule has 6 nitrogen and oxygen atoms in total. The Bertz CT molecular complexity index is 881. The van der Waals surface area contributed by atoms with E-state index in [0.29, 0.717) is 0 Å². The van der Waals surface area contributed by atoms with Gasteiger partial charge in [0.2, 0.25) is 5.16 Å². The molecule has 0 amide bonds. The molecule has 24 heavy (non-hydrogen) atoms. The fraction of sp³-hybridized carbons (Fsp3) is 0.176. The molecule has 0 aliphatic carbocycles. The molecule has 2 aromatic carbocycles. The third-order valence-electron chi connectivity index (χ3n) is 3.87. The van der Waals surface area contributed by atoms with E-state index in [-0.39, 0.29) is 5.37 Å². The number of methoxy groups -OCH3 is 2. The van der Waals surface area contributed by atoms with Gasteiger partial charge in [-0.05, 0) is 18.2 Å². The van der Waals surface area contributed by atoms with Crippen molar-refractivity contribution < 1.29 is 9.47 Å². The number of ether oxygens (including phenoxy) is 2. The summed E-state index contributed by atoms with van der Waals surface area (Å²) in [4.78, 5) is 0. The van der Waals surface area contributed by atoms with E-state index >= 15 is 0 Å². The summed E-state index contributed by atoms with van der Waals surface area (Å²) in [6.45, 7) is 0.